The summed E-state index contributed by atoms with van der Waals surface area (Å²) in [5.74, 6) is -0.408. The zero-order valence-electron chi connectivity index (χ0n) is 16.4. The van der Waals surface area contributed by atoms with E-state index < -0.39 is 0 Å². The van der Waals surface area contributed by atoms with Crippen LogP contribution in [0.15, 0.2) is 64.4 Å². The van der Waals surface area contributed by atoms with Crippen LogP contribution in [0, 0.1) is 0 Å². The summed E-state index contributed by atoms with van der Waals surface area (Å²) in [6.07, 6.45) is 0. The molecule has 1 aliphatic rings. The van der Waals surface area contributed by atoms with E-state index in [4.69, 9.17) is 17.3 Å². The van der Waals surface area contributed by atoms with Crippen molar-refractivity contribution in [2.24, 2.45) is 0 Å². The van der Waals surface area contributed by atoms with Crippen LogP contribution in [0.1, 0.15) is 58.2 Å². The van der Waals surface area contributed by atoms with Crippen LogP contribution in [0.5, 0.6) is 0 Å². The first-order chi connectivity index (χ1) is 13.7. The van der Waals surface area contributed by atoms with Crippen molar-refractivity contribution in [1.29, 1.82) is 0 Å². The van der Waals surface area contributed by atoms with E-state index >= 15 is 0 Å². The molecule has 2 N–H and O–H groups in total. The second-order valence-corrected chi connectivity index (χ2v) is 9.59. The van der Waals surface area contributed by atoms with Crippen molar-refractivity contribution < 1.29 is 9.59 Å². The molecule has 3 aromatic carbocycles. The van der Waals surface area contributed by atoms with E-state index in [9.17, 15) is 9.59 Å². The number of hydrogen-bond acceptors (Lipinski definition) is 4. The molecule has 0 amide bonds. The first kappa shape index (κ1) is 19.7. The third kappa shape index (κ3) is 3.37. The molecule has 3 nitrogen and oxygen atoms in total. The first-order valence-electron chi connectivity index (χ1n) is 9.27. The summed E-state index contributed by atoms with van der Waals surface area (Å²) in [5, 5.41) is 0.276. The number of fused-ring (bicyclic) bond motifs is 2. The molecule has 0 heterocycles. The van der Waals surface area contributed by atoms with E-state index in [1.165, 1.54) is 23.4 Å². The standard InChI is InChI=1S/C24H20ClNO2S/c1-24(2,3)13-8-10-14(11-9-13)29-23-19-17(12-18(25)20(23)26)21(27)15-6-4-5-7-16(15)22(19)28/h4-12H,26H2,1-3H3. The quantitative estimate of drug-likeness (QED) is 0.394. The maximum Gasteiger partial charge on any atom is 0.195 e. The van der Waals surface area contributed by atoms with Crippen molar-refractivity contribution in [2.45, 2.75) is 36.0 Å². The third-order valence-corrected chi connectivity index (χ3v) is 6.55. The van der Waals surface area contributed by atoms with Gasteiger partial charge >= 0.3 is 0 Å². The lowest BCUT2D eigenvalue weighted by Crippen LogP contribution is -2.22. The minimum absolute atomic E-state index is 0.0452. The van der Waals surface area contributed by atoms with Gasteiger partial charge in [-0.3, -0.25) is 9.59 Å². The molecule has 0 saturated carbocycles. The minimum Gasteiger partial charge on any atom is -0.397 e. The number of carbonyl (C=O) groups excluding carboxylic acids is 2. The minimum atomic E-state index is -0.206. The molecule has 5 heteroatoms. The average molecular weight is 422 g/mol. The van der Waals surface area contributed by atoms with Crippen LogP contribution in [-0.4, -0.2) is 11.6 Å². The number of halogens is 1. The third-order valence-electron chi connectivity index (χ3n) is 5.10. The summed E-state index contributed by atoms with van der Waals surface area (Å²) < 4.78 is 0. The Labute approximate surface area is 179 Å². The van der Waals surface area contributed by atoms with Gasteiger partial charge in [-0.2, -0.15) is 0 Å². The summed E-state index contributed by atoms with van der Waals surface area (Å²) in [4.78, 5) is 27.7. The Kier molecular flexibility index (Phi) is 4.80. The van der Waals surface area contributed by atoms with Gasteiger partial charge in [-0.15, -0.1) is 0 Å². The Morgan fingerprint density at radius 1 is 0.862 bits per heavy atom. The summed E-state index contributed by atoms with van der Waals surface area (Å²) in [6.45, 7) is 6.46. The predicted octanol–water partition coefficient (Wildman–Crippen LogP) is 6.15. The van der Waals surface area contributed by atoms with Gasteiger partial charge in [-0.1, -0.05) is 80.5 Å². The fourth-order valence-electron chi connectivity index (χ4n) is 3.45. The highest BCUT2D eigenvalue weighted by atomic mass is 35.5. The van der Waals surface area contributed by atoms with Crippen LogP contribution in [-0.2, 0) is 5.41 Å². The number of nitrogens with two attached hydrogens (primary N) is 1. The van der Waals surface area contributed by atoms with E-state index in [1.54, 1.807) is 24.3 Å². The van der Waals surface area contributed by atoms with Gasteiger partial charge in [0.15, 0.2) is 11.6 Å². The van der Waals surface area contributed by atoms with Crippen molar-refractivity contribution >= 4 is 40.6 Å². The topological polar surface area (TPSA) is 60.2 Å². The number of carbonyl (C=O) groups is 2. The average Bonchev–Trinajstić information content (AvgIpc) is 2.69. The predicted molar refractivity (Wildman–Crippen MR) is 118 cm³/mol. The zero-order valence-corrected chi connectivity index (χ0v) is 17.9. The van der Waals surface area contributed by atoms with Crippen molar-refractivity contribution in [3.63, 3.8) is 0 Å². The SMILES string of the molecule is CC(C)(C)c1ccc(Sc2c(N)c(Cl)cc3c2C(=O)c2ccccc2C3=O)cc1. The number of rotatable bonds is 2. The summed E-state index contributed by atoms with van der Waals surface area (Å²) in [5.41, 5.74) is 9.28. The van der Waals surface area contributed by atoms with E-state index in [0.29, 0.717) is 32.8 Å². The maximum atomic E-state index is 13.2. The number of ketones is 2. The van der Waals surface area contributed by atoms with E-state index in [2.05, 4.69) is 32.9 Å². The van der Waals surface area contributed by atoms with Gasteiger partial charge in [-0.25, -0.2) is 0 Å². The molecule has 146 valence electrons. The highest BCUT2D eigenvalue weighted by Gasteiger charge is 2.33. The Bertz CT molecular complexity index is 1160. The van der Waals surface area contributed by atoms with Crippen molar-refractivity contribution in [2.75, 3.05) is 5.73 Å². The van der Waals surface area contributed by atoms with Gasteiger partial charge in [0.2, 0.25) is 0 Å². The number of nitrogen functional groups attached to an aromatic ring is 1. The van der Waals surface area contributed by atoms with Crippen LogP contribution in [0.4, 0.5) is 5.69 Å². The lowest BCUT2D eigenvalue weighted by molar-refractivity contribution is 0.0977. The maximum absolute atomic E-state index is 13.2. The zero-order chi connectivity index (χ0) is 20.9. The molecular formula is C24H20ClNO2S. The van der Waals surface area contributed by atoms with Gasteiger partial charge in [0, 0.05) is 32.0 Å². The van der Waals surface area contributed by atoms with Crippen LogP contribution < -0.4 is 5.73 Å². The fraction of sp³-hybridized carbons (Fsp3) is 0.167. The van der Waals surface area contributed by atoms with Gasteiger partial charge in [0.05, 0.1) is 10.7 Å². The number of anilines is 1. The molecule has 0 unspecified atom stereocenters. The second kappa shape index (κ2) is 7.05. The number of hydrogen-bond donors (Lipinski definition) is 1. The molecule has 3 aromatic rings. The number of benzene rings is 3. The highest BCUT2D eigenvalue weighted by molar-refractivity contribution is 7.99. The Morgan fingerprint density at radius 2 is 1.45 bits per heavy atom. The molecule has 0 spiro atoms. The fourth-order valence-corrected chi connectivity index (χ4v) is 4.74. The molecule has 0 aromatic heterocycles. The van der Waals surface area contributed by atoms with Gasteiger partial charge in [0.1, 0.15) is 0 Å². The molecule has 0 saturated heterocycles. The lowest BCUT2D eigenvalue weighted by Gasteiger charge is -2.22. The summed E-state index contributed by atoms with van der Waals surface area (Å²) in [6, 6.07) is 16.5. The van der Waals surface area contributed by atoms with Crippen LogP contribution in [0.2, 0.25) is 5.02 Å². The van der Waals surface area contributed by atoms with Crippen LogP contribution >= 0.6 is 23.4 Å². The summed E-state index contributed by atoms with van der Waals surface area (Å²) >= 11 is 7.70. The second-order valence-electron chi connectivity index (χ2n) is 8.10. The lowest BCUT2D eigenvalue weighted by atomic mass is 9.84. The molecule has 0 radical (unpaired) electrons. The molecule has 0 atom stereocenters. The van der Waals surface area contributed by atoms with Crippen molar-refractivity contribution in [3.8, 4) is 0 Å². The molecule has 29 heavy (non-hydrogen) atoms. The monoisotopic (exact) mass is 421 g/mol. The normalized spacial score (nSPS) is 13.2. The van der Waals surface area contributed by atoms with Gasteiger partial charge < -0.3 is 5.73 Å². The molecular weight excluding hydrogens is 402 g/mol. The van der Waals surface area contributed by atoms with Crippen LogP contribution in [0.3, 0.4) is 0 Å². The Morgan fingerprint density at radius 3 is 2.03 bits per heavy atom. The first-order valence-corrected chi connectivity index (χ1v) is 10.5. The van der Waals surface area contributed by atoms with E-state index in [0.717, 1.165) is 4.90 Å². The molecule has 1 aliphatic carbocycles. The van der Waals surface area contributed by atoms with Gasteiger partial charge in [0.25, 0.3) is 0 Å². The van der Waals surface area contributed by atoms with Crippen LogP contribution in [0.25, 0.3) is 0 Å². The molecule has 4 rings (SSSR count). The Hall–Kier alpha value is -2.56. The Balaban J connectivity index is 1.84. The van der Waals surface area contributed by atoms with Crippen molar-refractivity contribution in [3.05, 3.63) is 87.4 Å². The largest absolute Gasteiger partial charge is 0.397 e. The van der Waals surface area contributed by atoms with E-state index in [1.807, 2.05) is 12.1 Å². The van der Waals surface area contributed by atoms with Gasteiger partial charge in [-0.05, 0) is 29.2 Å². The molecule has 0 fully saturated rings. The molecule has 0 aliphatic heterocycles. The summed E-state index contributed by atoms with van der Waals surface area (Å²) in [7, 11) is 0. The smallest absolute Gasteiger partial charge is 0.195 e. The highest BCUT2D eigenvalue weighted by Crippen LogP contribution is 2.44. The molecule has 0 bridgehead atoms. The van der Waals surface area contributed by atoms with Crippen molar-refractivity contribution in [1.82, 2.24) is 0 Å². The van der Waals surface area contributed by atoms with E-state index in [-0.39, 0.29) is 22.0 Å².